The molecule has 1 unspecified atom stereocenters. The van der Waals surface area contributed by atoms with Crippen molar-refractivity contribution in [2.24, 2.45) is 11.7 Å². The van der Waals surface area contributed by atoms with Gasteiger partial charge in [0, 0.05) is 19.7 Å². The van der Waals surface area contributed by atoms with Crippen LogP contribution in [0, 0.1) is 5.92 Å². The van der Waals surface area contributed by atoms with E-state index in [4.69, 9.17) is 23.1 Å². The SMILES string of the molecule is NC(=S)CN1CCC(CO)C1. The number of hydrogen-bond donors (Lipinski definition) is 2. The molecule has 0 spiro atoms. The van der Waals surface area contributed by atoms with Crippen molar-refractivity contribution < 1.29 is 5.11 Å². The van der Waals surface area contributed by atoms with E-state index in [9.17, 15) is 0 Å². The molecule has 4 heteroatoms. The number of nitrogens with zero attached hydrogens (tertiary/aromatic N) is 1. The molecular formula is C7H14N2OS. The summed E-state index contributed by atoms with van der Waals surface area (Å²) in [6.07, 6.45) is 1.07. The predicted molar refractivity (Wildman–Crippen MR) is 48.4 cm³/mol. The second kappa shape index (κ2) is 3.99. The van der Waals surface area contributed by atoms with Gasteiger partial charge < -0.3 is 10.8 Å². The summed E-state index contributed by atoms with van der Waals surface area (Å²) in [7, 11) is 0. The van der Waals surface area contributed by atoms with E-state index in [-0.39, 0.29) is 6.61 Å². The lowest BCUT2D eigenvalue weighted by molar-refractivity contribution is 0.226. The second-order valence-electron chi connectivity index (χ2n) is 3.04. The second-order valence-corrected chi connectivity index (χ2v) is 3.56. The van der Waals surface area contributed by atoms with Crippen LogP contribution in [0.15, 0.2) is 0 Å². The van der Waals surface area contributed by atoms with Crippen molar-refractivity contribution in [3.8, 4) is 0 Å². The first kappa shape index (κ1) is 8.90. The average Bonchev–Trinajstić information content (AvgIpc) is 2.34. The van der Waals surface area contributed by atoms with Crippen LogP contribution in [0.5, 0.6) is 0 Å². The Balaban J connectivity index is 2.24. The van der Waals surface area contributed by atoms with E-state index >= 15 is 0 Å². The maximum Gasteiger partial charge on any atom is 0.0870 e. The number of nitrogens with two attached hydrogens (primary N) is 1. The number of rotatable bonds is 3. The molecule has 64 valence electrons. The molecule has 1 aliphatic heterocycles. The quantitative estimate of drug-likeness (QED) is 0.571. The minimum absolute atomic E-state index is 0.286. The van der Waals surface area contributed by atoms with Gasteiger partial charge in [-0.2, -0.15) is 0 Å². The third-order valence-corrected chi connectivity index (χ3v) is 2.14. The van der Waals surface area contributed by atoms with Crippen LogP contribution in [0.3, 0.4) is 0 Å². The van der Waals surface area contributed by atoms with Gasteiger partial charge in [0.25, 0.3) is 0 Å². The minimum Gasteiger partial charge on any atom is -0.396 e. The summed E-state index contributed by atoms with van der Waals surface area (Å²) >= 11 is 4.78. The summed E-state index contributed by atoms with van der Waals surface area (Å²) in [6.45, 7) is 2.94. The first-order valence-corrected chi connectivity index (χ1v) is 4.24. The maximum absolute atomic E-state index is 8.83. The highest BCUT2D eigenvalue weighted by Gasteiger charge is 2.21. The number of hydrogen-bond acceptors (Lipinski definition) is 3. The molecule has 1 fully saturated rings. The normalized spacial score (nSPS) is 25.7. The van der Waals surface area contributed by atoms with Crippen LogP contribution in [0.25, 0.3) is 0 Å². The third kappa shape index (κ3) is 2.73. The zero-order valence-electron chi connectivity index (χ0n) is 6.49. The summed E-state index contributed by atoms with van der Waals surface area (Å²) in [5, 5.41) is 8.83. The highest BCUT2D eigenvalue weighted by atomic mass is 32.1. The van der Waals surface area contributed by atoms with Crippen LogP contribution < -0.4 is 5.73 Å². The fraction of sp³-hybridized carbons (Fsp3) is 0.857. The Kier molecular flexibility index (Phi) is 3.23. The van der Waals surface area contributed by atoms with Gasteiger partial charge in [0.05, 0.1) is 4.99 Å². The first-order chi connectivity index (χ1) is 5.22. The van der Waals surface area contributed by atoms with Gasteiger partial charge in [0.15, 0.2) is 0 Å². The van der Waals surface area contributed by atoms with Crippen molar-refractivity contribution in [3.63, 3.8) is 0 Å². The molecule has 1 aliphatic rings. The van der Waals surface area contributed by atoms with Crippen LogP contribution in [0.2, 0.25) is 0 Å². The summed E-state index contributed by atoms with van der Waals surface area (Å²) in [4.78, 5) is 2.73. The largest absolute Gasteiger partial charge is 0.396 e. The molecule has 0 amide bonds. The van der Waals surface area contributed by atoms with Gasteiger partial charge in [0.2, 0.25) is 0 Å². The Morgan fingerprint density at radius 2 is 2.45 bits per heavy atom. The lowest BCUT2D eigenvalue weighted by Gasteiger charge is -2.13. The zero-order valence-corrected chi connectivity index (χ0v) is 7.31. The topological polar surface area (TPSA) is 49.5 Å². The Hall–Kier alpha value is -0.190. The van der Waals surface area contributed by atoms with Crippen LogP contribution in [-0.2, 0) is 0 Å². The van der Waals surface area contributed by atoms with Gasteiger partial charge in [-0.15, -0.1) is 0 Å². The lowest BCUT2D eigenvalue weighted by atomic mass is 10.1. The smallest absolute Gasteiger partial charge is 0.0870 e. The monoisotopic (exact) mass is 174 g/mol. The Bertz CT molecular complexity index is 151. The van der Waals surface area contributed by atoms with Crippen molar-refractivity contribution in [1.29, 1.82) is 0 Å². The summed E-state index contributed by atoms with van der Waals surface area (Å²) in [5.74, 6) is 0.435. The van der Waals surface area contributed by atoms with Crippen molar-refractivity contribution in [2.45, 2.75) is 6.42 Å². The summed E-state index contributed by atoms with van der Waals surface area (Å²) in [6, 6.07) is 0. The van der Waals surface area contributed by atoms with E-state index in [1.165, 1.54) is 0 Å². The van der Waals surface area contributed by atoms with Gasteiger partial charge in [-0.1, -0.05) is 12.2 Å². The molecule has 11 heavy (non-hydrogen) atoms. The molecule has 0 saturated carbocycles. The molecule has 0 aromatic heterocycles. The van der Waals surface area contributed by atoms with E-state index in [1.807, 2.05) is 0 Å². The van der Waals surface area contributed by atoms with Crippen LogP contribution in [-0.4, -0.2) is 41.2 Å². The highest BCUT2D eigenvalue weighted by Crippen LogP contribution is 2.14. The Morgan fingerprint density at radius 1 is 1.73 bits per heavy atom. The van der Waals surface area contributed by atoms with Crippen LogP contribution in [0.1, 0.15) is 6.42 Å². The Morgan fingerprint density at radius 3 is 2.91 bits per heavy atom. The molecule has 1 rings (SSSR count). The number of likely N-dealkylation sites (tertiary alicyclic amines) is 1. The van der Waals surface area contributed by atoms with Crippen molar-refractivity contribution in [3.05, 3.63) is 0 Å². The lowest BCUT2D eigenvalue weighted by Crippen LogP contribution is -2.31. The van der Waals surface area contributed by atoms with Gasteiger partial charge in [-0.05, 0) is 18.9 Å². The molecule has 0 aromatic carbocycles. The van der Waals surface area contributed by atoms with Crippen LogP contribution in [0.4, 0.5) is 0 Å². The van der Waals surface area contributed by atoms with E-state index in [0.29, 0.717) is 17.5 Å². The predicted octanol–water partition coefficient (Wildman–Crippen LogP) is -0.413. The molecule has 1 heterocycles. The highest BCUT2D eigenvalue weighted by molar-refractivity contribution is 7.80. The fourth-order valence-corrected chi connectivity index (χ4v) is 1.61. The number of aliphatic hydroxyl groups excluding tert-OH is 1. The van der Waals surface area contributed by atoms with E-state index in [1.54, 1.807) is 0 Å². The van der Waals surface area contributed by atoms with E-state index in [2.05, 4.69) is 4.90 Å². The van der Waals surface area contributed by atoms with Crippen LogP contribution >= 0.6 is 12.2 Å². The van der Waals surface area contributed by atoms with Gasteiger partial charge >= 0.3 is 0 Å². The molecule has 0 bridgehead atoms. The van der Waals surface area contributed by atoms with Gasteiger partial charge in [0.1, 0.15) is 0 Å². The van der Waals surface area contributed by atoms with Gasteiger partial charge in [-0.25, -0.2) is 0 Å². The molecule has 1 atom stereocenters. The summed E-state index contributed by atoms with van der Waals surface area (Å²) < 4.78 is 0. The molecule has 3 N–H and O–H groups in total. The van der Waals surface area contributed by atoms with Crippen molar-refractivity contribution in [1.82, 2.24) is 4.90 Å². The Labute approximate surface area is 72.2 Å². The molecule has 0 radical (unpaired) electrons. The third-order valence-electron chi connectivity index (χ3n) is 2.01. The van der Waals surface area contributed by atoms with E-state index < -0.39 is 0 Å². The molecule has 1 saturated heterocycles. The number of aliphatic hydroxyl groups is 1. The molecule has 0 aliphatic carbocycles. The molecule has 0 aromatic rings. The van der Waals surface area contributed by atoms with E-state index in [0.717, 1.165) is 19.5 Å². The zero-order chi connectivity index (χ0) is 8.27. The van der Waals surface area contributed by atoms with Crippen molar-refractivity contribution in [2.75, 3.05) is 26.2 Å². The molecule has 3 nitrogen and oxygen atoms in total. The maximum atomic E-state index is 8.83. The fourth-order valence-electron chi connectivity index (χ4n) is 1.43. The van der Waals surface area contributed by atoms with Crippen molar-refractivity contribution >= 4 is 17.2 Å². The van der Waals surface area contributed by atoms with Gasteiger partial charge in [-0.3, -0.25) is 4.90 Å². The summed E-state index contributed by atoms with van der Waals surface area (Å²) in [5.41, 5.74) is 5.39. The first-order valence-electron chi connectivity index (χ1n) is 3.84. The average molecular weight is 174 g/mol. The minimum atomic E-state index is 0.286. The molecular weight excluding hydrogens is 160 g/mol. The number of thiocarbonyl (C=S) groups is 1. The standard InChI is InChI=1S/C7H14N2OS/c8-7(11)4-9-2-1-6(3-9)5-10/h6,10H,1-5H2,(H2,8,11).